The number of carbonyl (C=O) groups is 3. The fraction of sp³-hybridized carbons (Fsp3) is 0.316. The lowest BCUT2D eigenvalue weighted by molar-refractivity contribution is -0.125. The highest BCUT2D eigenvalue weighted by Gasteiger charge is 2.44. The zero-order valence-corrected chi connectivity index (χ0v) is 15.9. The molecule has 0 saturated heterocycles. The minimum Gasteiger partial charge on any atom is -0.325 e. The van der Waals surface area contributed by atoms with Crippen molar-refractivity contribution in [3.05, 3.63) is 40.4 Å². The van der Waals surface area contributed by atoms with Gasteiger partial charge in [0, 0.05) is 16.7 Å². The topological polar surface area (TPSA) is 123 Å². The van der Waals surface area contributed by atoms with E-state index in [2.05, 4.69) is 10.6 Å². The van der Waals surface area contributed by atoms with E-state index in [1.54, 1.807) is 38.1 Å². The molecule has 0 saturated carbocycles. The van der Waals surface area contributed by atoms with E-state index in [1.807, 2.05) is 12.1 Å². The number of amides is 2. The molecule has 2 N–H and O–H groups in total. The second-order valence-corrected chi connectivity index (χ2v) is 7.54. The van der Waals surface area contributed by atoms with Crippen LogP contribution in [-0.2, 0) is 9.59 Å². The largest absolute Gasteiger partial charge is 0.325 e. The highest BCUT2D eigenvalue weighted by Crippen LogP contribution is 2.41. The Hall–Kier alpha value is -3.10. The quantitative estimate of drug-likeness (QED) is 0.755. The third-order valence-electron chi connectivity index (χ3n) is 4.26. The van der Waals surface area contributed by atoms with E-state index in [1.165, 1.54) is 6.92 Å². The van der Waals surface area contributed by atoms with E-state index >= 15 is 0 Å². The van der Waals surface area contributed by atoms with Crippen LogP contribution >= 0.6 is 11.8 Å². The summed E-state index contributed by atoms with van der Waals surface area (Å²) < 4.78 is 0. The lowest BCUT2D eigenvalue weighted by atomic mass is 9.72. The number of allylic oxidation sites excluding steroid dienone is 1. The van der Waals surface area contributed by atoms with E-state index in [9.17, 15) is 24.9 Å². The van der Waals surface area contributed by atoms with Crippen molar-refractivity contribution >= 4 is 35.0 Å². The maximum absolute atomic E-state index is 12.2. The van der Waals surface area contributed by atoms with Crippen molar-refractivity contribution in [1.29, 1.82) is 10.5 Å². The Bertz CT molecular complexity index is 904. The molecule has 7 nitrogen and oxygen atoms in total. The molecule has 2 amide bonds. The summed E-state index contributed by atoms with van der Waals surface area (Å²) in [7, 11) is 0. The number of nitrogens with one attached hydrogen (secondary N) is 2. The van der Waals surface area contributed by atoms with Crippen LogP contribution in [0.4, 0.5) is 5.69 Å². The van der Waals surface area contributed by atoms with Crippen LogP contribution in [0.2, 0.25) is 0 Å². The molecule has 138 valence electrons. The Balaban J connectivity index is 2.08. The Morgan fingerprint density at radius 1 is 1.26 bits per heavy atom. The summed E-state index contributed by atoms with van der Waals surface area (Å²) in [5.41, 5.74) is 0.424. The summed E-state index contributed by atoms with van der Waals surface area (Å²) in [5, 5.41) is 24.2. The van der Waals surface area contributed by atoms with Crippen molar-refractivity contribution in [3.63, 3.8) is 0 Å². The van der Waals surface area contributed by atoms with Crippen LogP contribution in [-0.4, -0.2) is 23.4 Å². The molecule has 1 aliphatic heterocycles. The van der Waals surface area contributed by atoms with Gasteiger partial charge in [-0.1, -0.05) is 25.6 Å². The molecule has 8 heteroatoms. The second-order valence-electron chi connectivity index (χ2n) is 6.56. The Labute approximate surface area is 161 Å². The standard InChI is InChI=1S/C19H18N4O3S/c1-11(24)12-4-6-13(7-5-12)22-16(25)10-27-18-15(9-21)19(2,3)14(8-20)17(26)23-18/h4-7,14H,10H2,1-3H3,(H,22,25)(H,23,26). The predicted molar refractivity (Wildman–Crippen MR) is 101 cm³/mol. The molecular weight excluding hydrogens is 364 g/mol. The average Bonchev–Trinajstić information content (AvgIpc) is 2.60. The zero-order chi connectivity index (χ0) is 20.2. The van der Waals surface area contributed by atoms with Gasteiger partial charge in [0.1, 0.15) is 5.92 Å². The second kappa shape index (κ2) is 8.07. The Morgan fingerprint density at radius 2 is 1.89 bits per heavy atom. The van der Waals surface area contributed by atoms with Crippen molar-refractivity contribution < 1.29 is 14.4 Å². The van der Waals surface area contributed by atoms with Crippen LogP contribution in [0, 0.1) is 34.0 Å². The van der Waals surface area contributed by atoms with Gasteiger partial charge in [0.15, 0.2) is 5.78 Å². The predicted octanol–water partition coefficient (Wildman–Crippen LogP) is 2.59. The maximum Gasteiger partial charge on any atom is 0.243 e. The van der Waals surface area contributed by atoms with Gasteiger partial charge >= 0.3 is 0 Å². The molecule has 1 aromatic carbocycles. The molecule has 0 aliphatic carbocycles. The summed E-state index contributed by atoms with van der Waals surface area (Å²) in [6.45, 7) is 4.78. The summed E-state index contributed by atoms with van der Waals surface area (Å²) >= 11 is 1.03. The number of nitriles is 2. The molecule has 27 heavy (non-hydrogen) atoms. The van der Waals surface area contributed by atoms with Gasteiger partial charge in [0.25, 0.3) is 0 Å². The fourth-order valence-electron chi connectivity index (χ4n) is 2.66. The van der Waals surface area contributed by atoms with E-state index < -0.39 is 17.2 Å². The van der Waals surface area contributed by atoms with Crippen LogP contribution in [0.25, 0.3) is 0 Å². The number of hydrogen-bond donors (Lipinski definition) is 2. The third kappa shape index (κ3) is 4.36. The first-order valence-corrected chi connectivity index (χ1v) is 9.08. The lowest BCUT2D eigenvalue weighted by Gasteiger charge is -2.34. The van der Waals surface area contributed by atoms with Gasteiger partial charge in [-0.25, -0.2) is 0 Å². The molecule has 1 atom stereocenters. The SMILES string of the molecule is CC(=O)c1ccc(NC(=O)CSC2=C(C#N)C(C)(C)C(C#N)C(=O)N2)cc1. The molecule has 1 heterocycles. The van der Waals surface area contributed by atoms with E-state index in [-0.39, 0.29) is 23.0 Å². The Kier molecular flexibility index (Phi) is 6.04. The zero-order valence-electron chi connectivity index (χ0n) is 15.1. The van der Waals surface area contributed by atoms with Gasteiger partial charge in [-0.2, -0.15) is 10.5 Å². The summed E-state index contributed by atoms with van der Waals surface area (Å²) in [6.07, 6.45) is 0. The number of benzene rings is 1. The van der Waals surface area contributed by atoms with Crippen LogP contribution in [0.15, 0.2) is 34.9 Å². The molecule has 2 rings (SSSR count). The number of ketones is 1. The molecule has 1 aromatic rings. The number of Topliss-reactive ketones (excluding diaryl/α,β-unsaturated/α-hetero) is 1. The summed E-state index contributed by atoms with van der Waals surface area (Å²) in [5.74, 6) is -1.86. The maximum atomic E-state index is 12.2. The van der Waals surface area contributed by atoms with Crippen LogP contribution in [0.1, 0.15) is 31.1 Å². The number of anilines is 1. The molecular formula is C19H18N4O3S. The van der Waals surface area contributed by atoms with Crippen molar-refractivity contribution in [2.24, 2.45) is 11.3 Å². The van der Waals surface area contributed by atoms with Gasteiger partial charge in [-0.3, -0.25) is 14.4 Å². The first-order chi connectivity index (χ1) is 12.7. The molecule has 1 unspecified atom stereocenters. The first kappa shape index (κ1) is 20.2. The third-order valence-corrected chi connectivity index (χ3v) is 5.26. The molecule has 0 spiro atoms. The van der Waals surface area contributed by atoms with E-state index in [0.29, 0.717) is 16.3 Å². The van der Waals surface area contributed by atoms with Crippen LogP contribution in [0.5, 0.6) is 0 Å². The molecule has 0 bridgehead atoms. The van der Waals surface area contributed by atoms with E-state index in [0.717, 1.165) is 11.8 Å². The Morgan fingerprint density at radius 3 is 2.41 bits per heavy atom. The van der Waals surface area contributed by atoms with Gasteiger partial charge < -0.3 is 10.6 Å². The minimum atomic E-state index is -0.967. The van der Waals surface area contributed by atoms with Gasteiger partial charge in [-0.15, -0.1) is 0 Å². The van der Waals surface area contributed by atoms with Crippen LogP contribution < -0.4 is 10.6 Å². The van der Waals surface area contributed by atoms with E-state index in [4.69, 9.17) is 0 Å². The number of nitrogens with zero attached hydrogens (tertiary/aromatic N) is 2. The van der Waals surface area contributed by atoms with Crippen molar-refractivity contribution in [3.8, 4) is 12.1 Å². The smallest absolute Gasteiger partial charge is 0.243 e. The highest BCUT2D eigenvalue weighted by atomic mass is 32.2. The van der Waals surface area contributed by atoms with Crippen molar-refractivity contribution in [2.75, 3.05) is 11.1 Å². The van der Waals surface area contributed by atoms with Crippen molar-refractivity contribution in [2.45, 2.75) is 20.8 Å². The molecule has 0 fully saturated rings. The molecule has 1 aliphatic rings. The van der Waals surface area contributed by atoms with Gasteiger partial charge in [-0.05, 0) is 31.2 Å². The lowest BCUT2D eigenvalue weighted by Crippen LogP contribution is -2.44. The number of carbonyl (C=O) groups excluding carboxylic acids is 3. The normalized spacial score (nSPS) is 18.1. The fourth-order valence-corrected chi connectivity index (χ4v) is 3.63. The van der Waals surface area contributed by atoms with Gasteiger partial charge in [0.2, 0.25) is 11.8 Å². The molecule has 0 aromatic heterocycles. The number of rotatable bonds is 5. The average molecular weight is 382 g/mol. The monoisotopic (exact) mass is 382 g/mol. The minimum absolute atomic E-state index is 0.0252. The highest BCUT2D eigenvalue weighted by molar-refractivity contribution is 8.03. The summed E-state index contributed by atoms with van der Waals surface area (Å²) in [6, 6.07) is 10.5. The first-order valence-electron chi connectivity index (χ1n) is 8.09. The summed E-state index contributed by atoms with van der Waals surface area (Å²) in [4.78, 5) is 35.5. The van der Waals surface area contributed by atoms with Crippen molar-refractivity contribution in [1.82, 2.24) is 5.32 Å². The van der Waals surface area contributed by atoms with Crippen LogP contribution in [0.3, 0.4) is 0 Å². The number of thioether (sulfide) groups is 1. The number of hydrogen-bond acceptors (Lipinski definition) is 6. The van der Waals surface area contributed by atoms with Gasteiger partial charge in [0.05, 0.1) is 28.5 Å². The molecule has 0 radical (unpaired) electrons.